The lowest BCUT2D eigenvalue weighted by Gasteiger charge is -2.21. The van der Waals surface area contributed by atoms with E-state index in [1.54, 1.807) is 6.08 Å². The van der Waals surface area contributed by atoms with Crippen LogP contribution in [0.25, 0.3) is 0 Å². The predicted molar refractivity (Wildman–Crippen MR) is 41.5 cm³/mol. The van der Waals surface area contributed by atoms with Gasteiger partial charge >= 0.3 is 6.03 Å². The maximum absolute atomic E-state index is 10.7. The van der Waals surface area contributed by atoms with Gasteiger partial charge in [0.25, 0.3) is 0 Å². The first-order chi connectivity index (χ1) is 5.77. The molecular weight excluding hydrogens is 158 g/mol. The SMILES string of the molecule is NC(=O)N1CC=C2N=NN=C2C1. The molecule has 0 aromatic rings. The molecule has 62 valence electrons. The van der Waals surface area contributed by atoms with Gasteiger partial charge in [-0.05, 0) is 11.3 Å². The average Bonchev–Trinajstić information content (AvgIpc) is 2.49. The Bertz CT molecular complexity index is 316. The van der Waals surface area contributed by atoms with E-state index in [0.717, 1.165) is 5.70 Å². The number of carbonyl (C=O) groups excluding carboxylic acids is 1. The Balaban J connectivity index is 2.21. The van der Waals surface area contributed by atoms with E-state index in [-0.39, 0.29) is 0 Å². The molecule has 2 amide bonds. The summed E-state index contributed by atoms with van der Waals surface area (Å²) in [6, 6.07) is -0.445. The normalized spacial score (nSPS) is 20.2. The fourth-order valence-electron chi connectivity index (χ4n) is 1.11. The molecular formula is C6H7N5O. The third kappa shape index (κ3) is 0.969. The molecule has 2 aliphatic heterocycles. The van der Waals surface area contributed by atoms with Gasteiger partial charge in [-0.3, -0.25) is 0 Å². The van der Waals surface area contributed by atoms with Crippen molar-refractivity contribution in [1.82, 2.24) is 4.90 Å². The molecule has 0 radical (unpaired) electrons. The van der Waals surface area contributed by atoms with Crippen molar-refractivity contribution in [2.75, 3.05) is 13.1 Å². The summed E-state index contributed by atoms with van der Waals surface area (Å²) < 4.78 is 0. The number of primary amides is 1. The van der Waals surface area contributed by atoms with E-state index < -0.39 is 6.03 Å². The third-order valence-corrected chi connectivity index (χ3v) is 1.77. The smallest absolute Gasteiger partial charge is 0.315 e. The summed E-state index contributed by atoms with van der Waals surface area (Å²) in [5.74, 6) is 0. The highest BCUT2D eigenvalue weighted by Gasteiger charge is 2.22. The molecule has 0 aliphatic carbocycles. The summed E-state index contributed by atoms with van der Waals surface area (Å²) in [5.41, 5.74) is 6.56. The highest BCUT2D eigenvalue weighted by molar-refractivity contribution is 6.04. The third-order valence-electron chi connectivity index (χ3n) is 1.77. The van der Waals surface area contributed by atoms with Crippen LogP contribution >= 0.6 is 0 Å². The second-order valence-corrected chi connectivity index (χ2v) is 2.54. The van der Waals surface area contributed by atoms with Gasteiger partial charge in [0.15, 0.2) is 0 Å². The van der Waals surface area contributed by atoms with Crippen molar-refractivity contribution < 1.29 is 4.79 Å². The average molecular weight is 165 g/mol. The molecule has 0 aromatic heterocycles. The van der Waals surface area contributed by atoms with Gasteiger partial charge in [-0.2, -0.15) is 0 Å². The topological polar surface area (TPSA) is 83.4 Å². The van der Waals surface area contributed by atoms with Crippen molar-refractivity contribution in [2.24, 2.45) is 21.2 Å². The van der Waals surface area contributed by atoms with E-state index in [9.17, 15) is 4.79 Å². The molecule has 6 heteroatoms. The van der Waals surface area contributed by atoms with Gasteiger partial charge in [0.2, 0.25) is 0 Å². The van der Waals surface area contributed by atoms with Crippen molar-refractivity contribution >= 4 is 11.7 Å². The van der Waals surface area contributed by atoms with Crippen molar-refractivity contribution in [3.63, 3.8) is 0 Å². The van der Waals surface area contributed by atoms with Crippen LogP contribution in [0.2, 0.25) is 0 Å². The minimum Gasteiger partial charge on any atom is -0.351 e. The van der Waals surface area contributed by atoms with Gasteiger partial charge in [-0.1, -0.05) is 0 Å². The van der Waals surface area contributed by atoms with Crippen LogP contribution in [0, 0.1) is 0 Å². The van der Waals surface area contributed by atoms with Gasteiger partial charge in [0.05, 0.1) is 6.54 Å². The lowest BCUT2D eigenvalue weighted by Crippen LogP contribution is -2.42. The monoisotopic (exact) mass is 165 g/mol. The van der Waals surface area contributed by atoms with Crippen molar-refractivity contribution in [2.45, 2.75) is 0 Å². The molecule has 12 heavy (non-hydrogen) atoms. The van der Waals surface area contributed by atoms with Gasteiger partial charge in [0.1, 0.15) is 11.4 Å². The number of hydrogen-bond acceptors (Lipinski definition) is 4. The van der Waals surface area contributed by atoms with Crippen LogP contribution in [-0.2, 0) is 0 Å². The zero-order valence-corrected chi connectivity index (χ0v) is 6.27. The summed E-state index contributed by atoms with van der Waals surface area (Å²) in [5, 5.41) is 11.0. The molecule has 0 bridgehead atoms. The van der Waals surface area contributed by atoms with E-state index >= 15 is 0 Å². The van der Waals surface area contributed by atoms with Gasteiger partial charge < -0.3 is 10.6 Å². The number of carbonyl (C=O) groups is 1. The Morgan fingerprint density at radius 3 is 3.25 bits per heavy atom. The Labute approximate surface area is 68.4 Å². The minimum absolute atomic E-state index is 0.411. The number of nitrogens with two attached hydrogens (primary N) is 1. The Hall–Kier alpha value is -1.72. The van der Waals surface area contributed by atoms with Crippen LogP contribution in [0.4, 0.5) is 4.79 Å². The molecule has 0 saturated carbocycles. The number of amides is 2. The van der Waals surface area contributed by atoms with E-state index in [4.69, 9.17) is 5.73 Å². The van der Waals surface area contributed by atoms with E-state index in [1.165, 1.54) is 4.90 Å². The lowest BCUT2D eigenvalue weighted by molar-refractivity contribution is 0.218. The van der Waals surface area contributed by atoms with E-state index in [0.29, 0.717) is 18.8 Å². The highest BCUT2D eigenvalue weighted by atomic mass is 16.2. The molecule has 2 rings (SSSR count). The first-order valence-electron chi connectivity index (χ1n) is 3.50. The highest BCUT2D eigenvalue weighted by Crippen LogP contribution is 2.15. The summed E-state index contributed by atoms with van der Waals surface area (Å²) in [7, 11) is 0. The molecule has 2 N–H and O–H groups in total. The molecule has 0 fully saturated rings. The van der Waals surface area contributed by atoms with Crippen LogP contribution in [-0.4, -0.2) is 29.7 Å². The van der Waals surface area contributed by atoms with Crippen LogP contribution in [0.15, 0.2) is 27.2 Å². The molecule has 0 aromatic carbocycles. The number of urea groups is 1. The first-order valence-corrected chi connectivity index (χ1v) is 3.50. The molecule has 0 saturated heterocycles. The second-order valence-electron chi connectivity index (χ2n) is 2.54. The summed E-state index contributed by atoms with van der Waals surface area (Å²) in [6.07, 6.45) is 1.78. The van der Waals surface area contributed by atoms with Crippen molar-refractivity contribution in [3.8, 4) is 0 Å². The predicted octanol–water partition coefficient (Wildman–Crippen LogP) is 0.0864. The minimum atomic E-state index is -0.445. The Morgan fingerprint density at radius 2 is 2.50 bits per heavy atom. The zero-order valence-electron chi connectivity index (χ0n) is 6.27. The molecule has 2 aliphatic rings. The quantitative estimate of drug-likeness (QED) is 0.541. The van der Waals surface area contributed by atoms with Crippen LogP contribution in [0.5, 0.6) is 0 Å². The lowest BCUT2D eigenvalue weighted by atomic mass is 10.2. The van der Waals surface area contributed by atoms with E-state index in [1.807, 2.05) is 0 Å². The van der Waals surface area contributed by atoms with Gasteiger partial charge in [-0.25, -0.2) is 4.79 Å². The molecule has 6 nitrogen and oxygen atoms in total. The molecule has 0 unspecified atom stereocenters. The maximum Gasteiger partial charge on any atom is 0.315 e. The molecule has 2 heterocycles. The zero-order chi connectivity index (χ0) is 8.55. The largest absolute Gasteiger partial charge is 0.351 e. The van der Waals surface area contributed by atoms with Crippen LogP contribution < -0.4 is 5.73 Å². The van der Waals surface area contributed by atoms with Crippen molar-refractivity contribution in [1.29, 1.82) is 0 Å². The fourth-order valence-corrected chi connectivity index (χ4v) is 1.11. The fraction of sp³-hybridized carbons (Fsp3) is 0.333. The summed E-state index contributed by atoms with van der Waals surface area (Å²) in [4.78, 5) is 12.2. The van der Waals surface area contributed by atoms with Gasteiger partial charge in [-0.15, -0.1) is 10.2 Å². The summed E-state index contributed by atoms with van der Waals surface area (Å²) in [6.45, 7) is 0.900. The number of nitrogens with zero attached hydrogens (tertiary/aromatic N) is 4. The van der Waals surface area contributed by atoms with Crippen LogP contribution in [0.3, 0.4) is 0 Å². The number of hydrogen-bond donors (Lipinski definition) is 1. The molecule has 0 atom stereocenters. The van der Waals surface area contributed by atoms with Crippen molar-refractivity contribution in [3.05, 3.63) is 11.8 Å². The second kappa shape index (κ2) is 2.40. The standard InChI is InChI=1S/C6H7N5O/c7-6(12)11-2-1-4-5(3-11)9-10-8-4/h1H,2-3H2,(H2,7,12). The van der Waals surface area contributed by atoms with E-state index in [2.05, 4.69) is 15.4 Å². The Morgan fingerprint density at radius 1 is 1.67 bits per heavy atom. The molecule has 0 spiro atoms. The number of rotatable bonds is 0. The number of fused-ring (bicyclic) bond motifs is 1. The van der Waals surface area contributed by atoms with Crippen LogP contribution in [0.1, 0.15) is 0 Å². The Kier molecular flexibility index (Phi) is 1.39. The maximum atomic E-state index is 10.7. The summed E-state index contributed by atoms with van der Waals surface area (Å²) >= 11 is 0. The van der Waals surface area contributed by atoms with Gasteiger partial charge in [0, 0.05) is 6.54 Å². The first kappa shape index (κ1) is 6.96.